The predicted molar refractivity (Wildman–Crippen MR) is 54.5 cm³/mol. The molecule has 1 unspecified atom stereocenters. The first kappa shape index (κ1) is 10.9. The number of carbonyl (C=O) groups is 1. The molecule has 86 valence electrons. The van der Waals surface area contributed by atoms with Crippen molar-refractivity contribution in [2.45, 2.75) is 13.0 Å². The van der Waals surface area contributed by atoms with E-state index < -0.39 is 0 Å². The molecular formula is C10H18N2O3. The van der Waals surface area contributed by atoms with Crippen LogP contribution in [0.4, 0.5) is 0 Å². The van der Waals surface area contributed by atoms with Gasteiger partial charge in [0.1, 0.15) is 6.10 Å². The lowest BCUT2D eigenvalue weighted by Crippen LogP contribution is -2.53. The van der Waals surface area contributed by atoms with E-state index in [0.717, 1.165) is 19.8 Å². The van der Waals surface area contributed by atoms with Gasteiger partial charge in [-0.3, -0.25) is 4.79 Å². The second kappa shape index (κ2) is 4.47. The molecule has 2 fully saturated rings. The van der Waals surface area contributed by atoms with Crippen molar-refractivity contribution in [2.75, 3.05) is 39.5 Å². The highest BCUT2D eigenvalue weighted by Crippen LogP contribution is 2.25. The van der Waals surface area contributed by atoms with Crippen LogP contribution in [0.3, 0.4) is 0 Å². The Balaban J connectivity index is 1.71. The fourth-order valence-corrected chi connectivity index (χ4v) is 1.70. The van der Waals surface area contributed by atoms with Gasteiger partial charge in [0.05, 0.1) is 19.8 Å². The number of nitrogens with one attached hydrogen (secondary N) is 2. The molecule has 0 aromatic heterocycles. The molecule has 0 aromatic rings. The van der Waals surface area contributed by atoms with Crippen LogP contribution in [-0.2, 0) is 14.3 Å². The molecule has 1 atom stereocenters. The van der Waals surface area contributed by atoms with Gasteiger partial charge in [-0.25, -0.2) is 0 Å². The number of ether oxygens (including phenoxy) is 2. The maximum atomic E-state index is 11.7. The number of amides is 1. The van der Waals surface area contributed by atoms with Crippen molar-refractivity contribution in [3.8, 4) is 0 Å². The van der Waals surface area contributed by atoms with Gasteiger partial charge in [0.2, 0.25) is 5.91 Å². The second-order valence-corrected chi connectivity index (χ2v) is 4.58. The molecule has 2 aliphatic heterocycles. The highest BCUT2D eigenvalue weighted by molar-refractivity contribution is 5.81. The number of rotatable bonds is 3. The molecule has 2 N–H and O–H groups in total. The van der Waals surface area contributed by atoms with Crippen LogP contribution >= 0.6 is 0 Å². The van der Waals surface area contributed by atoms with E-state index in [4.69, 9.17) is 9.47 Å². The summed E-state index contributed by atoms with van der Waals surface area (Å²) in [6, 6.07) is 0. The van der Waals surface area contributed by atoms with E-state index in [2.05, 4.69) is 17.6 Å². The number of morpholine rings is 1. The second-order valence-electron chi connectivity index (χ2n) is 4.58. The Morgan fingerprint density at radius 1 is 1.60 bits per heavy atom. The maximum absolute atomic E-state index is 11.7. The third kappa shape index (κ3) is 2.68. The first-order valence-electron chi connectivity index (χ1n) is 5.37. The lowest BCUT2D eigenvalue weighted by atomic mass is 9.89. The fraction of sp³-hybridized carbons (Fsp3) is 0.900. The molecular weight excluding hydrogens is 196 g/mol. The lowest BCUT2D eigenvalue weighted by Gasteiger charge is -2.38. The van der Waals surface area contributed by atoms with Crippen molar-refractivity contribution in [2.24, 2.45) is 5.41 Å². The van der Waals surface area contributed by atoms with Crippen LogP contribution in [0, 0.1) is 5.41 Å². The van der Waals surface area contributed by atoms with Gasteiger partial charge in [0, 0.05) is 25.0 Å². The molecule has 0 saturated carbocycles. The third-order valence-corrected chi connectivity index (χ3v) is 2.81. The van der Waals surface area contributed by atoms with E-state index in [1.807, 2.05) is 0 Å². The molecule has 0 aromatic carbocycles. The van der Waals surface area contributed by atoms with E-state index in [-0.39, 0.29) is 17.4 Å². The summed E-state index contributed by atoms with van der Waals surface area (Å²) in [5.74, 6) is -0.0182. The summed E-state index contributed by atoms with van der Waals surface area (Å²) in [5, 5.41) is 6.04. The van der Waals surface area contributed by atoms with Crippen molar-refractivity contribution in [1.29, 1.82) is 0 Å². The van der Waals surface area contributed by atoms with Crippen LogP contribution in [0.15, 0.2) is 0 Å². The van der Waals surface area contributed by atoms with Crippen LogP contribution in [0.2, 0.25) is 0 Å². The number of hydrogen-bond acceptors (Lipinski definition) is 4. The van der Waals surface area contributed by atoms with Crippen molar-refractivity contribution in [3.63, 3.8) is 0 Å². The summed E-state index contributed by atoms with van der Waals surface area (Å²) in [7, 11) is 0. The summed E-state index contributed by atoms with van der Waals surface area (Å²) in [6.07, 6.45) is -0.330. The molecule has 5 heteroatoms. The van der Waals surface area contributed by atoms with Gasteiger partial charge >= 0.3 is 0 Å². The summed E-state index contributed by atoms with van der Waals surface area (Å²) >= 11 is 0. The normalized spacial score (nSPS) is 29.3. The molecule has 2 aliphatic rings. The molecule has 0 spiro atoms. The number of hydrogen-bond donors (Lipinski definition) is 2. The van der Waals surface area contributed by atoms with Crippen LogP contribution in [-0.4, -0.2) is 51.5 Å². The molecule has 0 aliphatic carbocycles. The monoisotopic (exact) mass is 214 g/mol. The highest BCUT2D eigenvalue weighted by atomic mass is 16.5. The van der Waals surface area contributed by atoms with Gasteiger partial charge in [-0.1, -0.05) is 6.92 Å². The summed E-state index contributed by atoms with van der Waals surface area (Å²) < 4.78 is 10.5. The molecule has 2 heterocycles. The van der Waals surface area contributed by atoms with Crippen LogP contribution in [0.5, 0.6) is 0 Å². The minimum absolute atomic E-state index is 0.0182. The van der Waals surface area contributed by atoms with E-state index in [1.54, 1.807) is 0 Å². The zero-order chi connectivity index (χ0) is 10.7. The minimum Gasteiger partial charge on any atom is -0.380 e. The SMILES string of the molecule is CC1(CNC(=O)C2CNCCO2)COC1. The van der Waals surface area contributed by atoms with Crippen LogP contribution in [0.25, 0.3) is 0 Å². The van der Waals surface area contributed by atoms with Crippen molar-refractivity contribution >= 4 is 5.91 Å². The van der Waals surface area contributed by atoms with Gasteiger partial charge in [0.25, 0.3) is 0 Å². The Hall–Kier alpha value is -0.650. The first-order valence-corrected chi connectivity index (χ1v) is 5.37. The molecule has 2 rings (SSSR count). The topological polar surface area (TPSA) is 59.6 Å². The molecule has 5 nitrogen and oxygen atoms in total. The number of carbonyl (C=O) groups excluding carboxylic acids is 1. The zero-order valence-electron chi connectivity index (χ0n) is 9.04. The van der Waals surface area contributed by atoms with E-state index in [1.165, 1.54) is 0 Å². The fourth-order valence-electron chi connectivity index (χ4n) is 1.70. The highest BCUT2D eigenvalue weighted by Gasteiger charge is 2.34. The van der Waals surface area contributed by atoms with Gasteiger partial charge in [-0.2, -0.15) is 0 Å². The Bertz CT molecular complexity index is 235. The van der Waals surface area contributed by atoms with E-state index in [9.17, 15) is 4.79 Å². The predicted octanol–water partition coefficient (Wildman–Crippen LogP) is -0.872. The molecule has 1 amide bonds. The maximum Gasteiger partial charge on any atom is 0.250 e. The quantitative estimate of drug-likeness (QED) is 0.641. The smallest absolute Gasteiger partial charge is 0.250 e. The largest absolute Gasteiger partial charge is 0.380 e. The molecule has 0 bridgehead atoms. The Morgan fingerprint density at radius 2 is 2.40 bits per heavy atom. The Labute approximate surface area is 89.5 Å². The van der Waals surface area contributed by atoms with Gasteiger partial charge < -0.3 is 20.1 Å². The van der Waals surface area contributed by atoms with Crippen LogP contribution < -0.4 is 10.6 Å². The summed E-state index contributed by atoms with van der Waals surface area (Å²) in [4.78, 5) is 11.7. The molecule has 15 heavy (non-hydrogen) atoms. The van der Waals surface area contributed by atoms with Crippen molar-refractivity contribution < 1.29 is 14.3 Å². The standard InChI is InChI=1S/C10H18N2O3/c1-10(6-14-7-10)5-12-9(13)8-4-11-2-3-15-8/h8,11H,2-7H2,1H3,(H,12,13). The third-order valence-electron chi connectivity index (χ3n) is 2.81. The molecule has 0 radical (unpaired) electrons. The van der Waals surface area contributed by atoms with Crippen LogP contribution in [0.1, 0.15) is 6.92 Å². The first-order chi connectivity index (χ1) is 7.20. The van der Waals surface area contributed by atoms with E-state index in [0.29, 0.717) is 19.7 Å². The average Bonchev–Trinajstić information content (AvgIpc) is 2.24. The Kier molecular flexibility index (Phi) is 3.23. The summed E-state index contributed by atoms with van der Waals surface area (Å²) in [6.45, 7) is 6.30. The van der Waals surface area contributed by atoms with Crippen molar-refractivity contribution in [1.82, 2.24) is 10.6 Å². The van der Waals surface area contributed by atoms with Crippen molar-refractivity contribution in [3.05, 3.63) is 0 Å². The van der Waals surface area contributed by atoms with Gasteiger partial charge in [-0.05, 0) is 0 Å². The zero-order valence-corrected chi connectivity index (χ0v) is 9.04. The summed E-state index contributed by atoms with van der Waals surface area (Å²) in [5.41, 5.74) is 0.123. The minimum atomic E-state index is -0.330. The lowest BCUT2D eigenvalue weighted by molar-refractivity contribution is -0.138. The van der Waals surface area contributed by atoms with E-state index >= 15 is 0 Å². The Morgan fingerprint density at radius 3 is 2.93 bits per heavy atom. The molecule has 2 saturated heterocycles. The van der Waals surface area contributed by atoms with Gasteiger partial charge in [-0.15, -0.1) is 0 Å². The average molecular weight is 214 g/mol. The van der Waals surface area contributed by atoms with Gasteiger partial charge in [0.15, 0.2) is 0 Å².